The van der Waals surface area contributed by atoms with Crippen LogP contribution in [0.5, 0.6) is 5.75 Å². The van der Waals surface area contributed by atoms with Crippen LogP contribution in [0.3, 0.4) is 0 Å². The lowest BCUT2D eigenvalue weighted by Crippen LogP contribution is -2.38. The average Bonchev–Trinajstić information content (AvgIpc) is 3.13. The number of carbonyl (C=O) groups is 2. The Morgan fingerprint density at radius 2 is 1.80 bits per heavy atom. The Bertz CT molecular complexity index is 1500. The summed E-state index contributed by atoms with van der Waals surface area (Å²) >= 11 is 1.25. The van der Waals surface area contributed by atoms with Crippen molar-refractivity contribution in [1.82, 2.24) is 4.57 Å². The third kappa shape index (κ3) is 5.38. The topological polar surface area (TPSA) is 87.0 Å². The molecule has 4 rings (SSSR count). The number of esters is 2. The van der Waals surface area contributed by atoms with Crippen molar-refractivity contribution < 1.29 is 19.1 Å². The number of rotatable bonds is 6. The van der Waals surface area contributed by atoms with Crippen LogP contribution in [0.1, 0.15) is 37.9 Å². The minimum Gasteiger partial charge on any atom is -0.463 e. The summed E-state index contributed by atoms with van der Waals surface area (Å²) in [7, 11) is 0. The van der Waals surface area contributed by atoms with E-state index in [1.165, 1.54) is 22.8 Å². The van der Waals surface area contributed by atoms with E-state index in [0.717, 1.165) is 11.1 Å². The van der Waals surface area contributed by atoms with Gasteiger partial charge in [-0.3, -0.25) is 14.2 Å². The Morgan fingerprint density at radius 1 is 1.09 bits per heavy atom. The lowest BCUT2D eigenvalue weighted by atomic mass is 10.0. The number of aromatic nitrogens is 1. The van der Waals surface area contributed by atoms with E-state index < -0.39 is 18.0 Å². The van der Waals surface area contributed by atoms with Gasteiger partial charge in [0.05, 0.1) is 28.5 Å². The summed E-state index contributed by atoms with van der Waals surface area (Å²) in [6, 6.07) is 15.9. The normalized spacial score (nSPS) is 15.6. The second-order valence-corrected chi connectivity index (χ2v) is 8.79. The van der Waals surface area contributed by atoms with Crippen molar-refractivity contribution in [2.75, 3.05) is 6.61 Å². The molecule has 0 bridgehead atoms. The molecule has 35 heavy (non-hydrogen) atoms. The molecule has 0 saturated heterocycles. The van der Waals surface area contributed by atoms with Gasteiger partial charge in [-0.25, -0.2) is 9.79 Å². The molecule has 1 aromatic heterocycles. The number of hydrogen-bond acceptors (Lipinski definition) is 7. The molecule has 1 aliphatic rings. The van der Waals surface area contributed by atoms with Crippen LogP contribution in [0, 0.1) is 0 Å². The number of ether oxygens (including phenoxy) is 2. The van der Waals surface area contributed by atoms with E-state index in [1.54, 1.807) is 44.2 Å². The maximum Gasteiger partial charge on any atom is 0.338 e. The zero-order valence-corrected chi connectivity index (χ0v) is 20.4. The molecule has 178 valence electrons. The lowest BCUT2D eigenvalue weighted by molar-refractivity contribution is -0.139. The van der Waals surface area contributed by atoms with Crippen LogP contribution in [0.15, 0.2) is 81.7 Å². The zero-order chi connectivity index (χ0) is 24.9. The Kier molecular flexibility index (Phi) is 7.22. The molecule has 0 aliphatic carbocycles. The highest BCUT2D eigenvalue weighted by Gasteiger charge is 2.30. The highest BCUT2D eigenvalue weighted by atomic mass is 32.1. The second-order valence-electron chi connectivity index (χ2n) is 7.78. The fraction of sp³-hybridized carbons (Fsp3) is 0.185. The van der Waals surface area contributed by atoms with Crippen molar-refractivity contribution >= 4 is 35.4 Å². The highest BCUT2D eigenvalue weighted by Crippen LogP contribution is 2.26. The SMILES string of the molecule is CCOC(=O)C1=C(C)N=c2s/c(=C/c3ccc(OC(C)=O)cc3)c(=O)n2[C@@H]1/C=C/c1ccccc1. The molecule has 2 heterocycles. The Morgan fingerprint density at radius 3 is 2.46 bits per heavy atom. The molecule has 1 aliphatic heterocycles. The van der Waals surface area contributed by atoms with E-state index in [4.69, 9.17) is 9.47 Å². The minimum atomic E-state index is -0.654. The van der Waals surface area contributed by atoms with Crippen molar-refractivity contribution in [3.63, 3.8) is 0 Å². The molecule has 0 N–H and O–H groups in total. The largest absolute Gasteiger partial charge is 0.463 e. The van der Waals surface area contributed by atoms with Gasteiger partial charge in [0, 0.05) is 6.92 Å². The second kappa shape index (κ2) is 10.5. The third-order valence-corrected chi connectivity index (χ3v) is 6.25. The summed E-state index contributed by atoms with van der Waals surface area (Å²) in [5.74, 6) is -0.467. The third-order valence-electron chi connectivity index (χ3n) is 5.27. The maximum atomic E-state index is 13.5. The first kappa shape index (κ1) is 24.1. The number of thiazole rings is 1. The Labute approximate surface area is 206 Å². The van der Waals surface area contributed by atoms with Gasteiger partial charge in [0.25, 0.3) is 5.56 Å². The van der Waals surface area contributed by atoms with Crippen molar-refractivity contribution in [2.45, 2.75) is 26.8 Å². The van der Waals surface area contributed by atoms with Crippen LogP contribution in [0.25, 0.3) is 12.2 Å². The van der Waals surface area contributed by atoms with Gasteiger partial charge in [-0.05, 0) is 43.2 Å². The first-order valence-electron chi connectivity index (χ1n) is 11.1. The van der Waals surface area contributed by atoms with Gasteiger partial charge >= 0.3 is 11.9 Å². The molecule has 2 aromatic carbocycles. The van der Waals surface area contributed by atoms with E-state index in [-0.39, 0.29) is 12.2 Å². The van der Waals surface area contributed by atoms with Gasteiger partial charge in [-0.2, -0.15) is 0 Å². The van der Waals surface area contributed by atoms with Gasteiger partial charge < -0.3 is 9.47 Å². The summed E-state index contributed by atoms with van der Waals surface area (Å²) in [5, 5.41) is 0. The molecule has 0 spiro atoms. The van der Waals surface area contributed by atoms with Gasteiger partial charge in [0.1, 0.15) is 5.75 Å². The smallest absolute Gasteiger partial charge is 0.338 e. The van der Waals surface area contributed by atoms with Crippen LogP contribution in [-0.4, -0.2) is 23.1 Å². The number of carbonyl (C=O) groups excluding carboxylic acids is 2. The number of hydrogen-bond donors (Lipinski definition) is 0. The molecule has 0 amide bonds. The Hall–Kier alpha value is -4.04. The molecule has 0 fully saturated rings. The van der Waals surface area contributed by atoms with Crippen LogP contribution < -0.4 is 19.6 Å². The monoisotopic (exact) mass is 488 g/mol. The molecular formula is C27H24N2O5S. The standard InChI is InChI=1S/C27H24N2O5S/c1-4-33-26(32)24-17(2)28-27-29(22(24)15-12-19-8-6-5-7-9-19)25(31)23(35-27)16-20-10-13-21(14-11-20)34-18(3)30/h5-16,22H,4H2,1-3H3/b15-12+,23-16+/t22-/m1/s1. The van der Waals surface area contributed by atoms with Gasteiger partial charge in [0.2, 0.25) is 0 Å². The maximum absolute atomic E-state index is 13.5. The molecule has 3 aromatic rings. The first-order chi connectivity index (χ1) is 16.9. The van der Waals surface area contributed by atoms with Crippen LogP contribution in [0.2, 0.25) is 0 Å². The van der Waals surface area contributed by atoms with Crippen LogP contribution >= 0.6 is 11.3 Å². The fourth-order valence-electron chi connectivity index (χ4n) is 3.73. The summed E-state index contributed by atoms with van der Waals surface area (Å²) in [6.45, 7) is 5.05. The molecular weight excluding hydrogens is 464 g/mol. The summed E-state index contributed by atoms with van der Waals surface area (Å²) in [5.41, 5.74) is 2.31. The summed E-state index contributed by atoms with van der Waals surface area (Å²) in [6.07, 6.45) is 5.46. The van der Waals surface area contributed by atoms with Gasteiger partial charge in [0.15, 0.2) is 4.80 Å². The van der Waals surface area contributed by atoms with Crippen molar-refractivity contribution in [1.29, 1.82) is 0 Å². The van der Waals surface area contributed by atoms with Crippen LogP contribution in [0.4, 0.5) is 0 Å². The molecule has 0 unspecified atom stereocenters. The predicted octanol–water partition coefficient (Wildman–Crippen LogP) is 3.39. The number of allylic oxidation sites excluding steroid dienone is 2. The quantitative estimate of drug-likeness (QED) is 0.392. The number of nitrogens with zero attached hydrogens (tertiary/aromatic N) is 2. The van der Waals surface area contributed by atoms with Crippen LogP contribution in [-0.2, 0) is 14.3 Å². The van der Waals surface area contributed by atoms with E-state index in [0.29, 0.717) is 26.4 Å². The zero-order valence-electron chi connectivity index (χ0n) is 19.6. The minimum absolute atomic E-state index is 0.221. The lowest BCUT2D eigenvalue weighted by Gasteiger charge is -2.21. The number of fused-ring (bicyclic) bond motifs is 1. The summed E-state index contributed by atoms with van der Waals surface area (Å²) < 4.78 is 12.4. The van der Waals surface area contributed by atoms with E-state index in [1.807, 2.05) is 42.5 Å². The van der Waals surface area contributed by atoms with E-state index >= 15 is 0 Å². The van der Waals surface area contributed by atoms with Crippen molar-refractivity contribution in [3.05, 3.63) is 103 Å². The van der Waals surface area contributed by atoms with Crippen molar-refractivity contribution in [2.24, 2.45) is 4.99 Å². The highest BCUT2D eigenvalue weighted by molar-refractivity contribution is 7.07. The molecule has 7 nitrogen and oxygen atoms in total. The van der Waals surface area contributed by atoms with E-state index in [9.17, 15) is 14.4 Å². The van der Waals surface area contributed by atoms with Gasteiger partial charge in [-0.15, -0.1) is 0 Å². The molecule has 8 heteroatoms. The van der Waals surface area contributed by atoms with Crippen molar-refractivity contribution in [3.8, 4) is 5.75 Å². The fourth-order valence-corrected chi connectivity index (χ4v) is 4.79. The molecule has 0 radical (unpaired) electrons. The predicted molar refractivity (Wildman–Crippen MR) is 135 cm³/mol. The average molecular weight is 489 g/mol. The molecule has 1 atom stereocenters. The summed E-state index contributed by atoms with van der Waals surface area (Å²) in [4.78, 5) is 42.5. The van der Waals surface area contributed by atoms with Gasteiger partial charge in [-0.1, -0.05) is 66.0 Å². The number of benzene rings is 2. The molecule has 0 saturated carbocycles. The Balaban J connectivity index is 1.80. The first-order valence-corrected chi connectivity index (χ1v) is 11.9. The van der Waals surface area contributed by atoms with E-state index in [2.05, 4.69) is 4.99 Å².